The molecule has 0 aliphatic carbocycles. The number of carbonyl (C=O) groups is 1. The van der Waals surface area contributed by atoms with Crippen molar-refractivity contribution < 1.29 is 18.9 Å². The molecule has 2 aromatic carbocycles. The molecule has 1 amide bonds. The summed E-state index contributed by atoms with van der Waals surface area (Å²) in [5.41, 5.74) is 2.83. The van der Waals surface area contributed by atoms with Crippen molar-refractivity contribution in [3.63, 3.8) is 0 Å². The van der Waals surface area contributed by atoms with E-state index in [0.29, 0.717) is 25.3 Å². The van der Waals surface area contributed by atoms with Gasteiger partial charge < -0.3 is 14.1 Å². The lowest BCUT2D eigenvalue weighted by Crippen LogP contribution is -2.45. The number of benzene rings is 2. The van der Waals surface area contributed by atoms with Crippen LogP contribution in [0.4, 0.5) is 4.79 Å². The third-order valence-corrected chi connectivity index (χ3v) is 12.5. The third kappa shape index (κ3) is 6.89. The first-order valence-electron chi connectivity index (χ1n) is 13.3. The number of aromatic nitrogens is 2. The van der Waals surface area contributed by atoms with Crippen LogP contribution in [0.15, 0.2) is 65.5 Å². The van der Waals surface area contributed by atoms with Crippen LogP contribution >= 0.6 is 0 Å². The van der Waals surface area contributed by atoms with Gasteiger partial charge in [-0.15, -0.1) is 0 Å². The number of hydrogen-bond donors (Lipinski definition) is 1. The Kier molecular flexibility index (Phi) is 8.70. The zero-order valence-corrected chi connectivity index (χ0v) is 24.1. The van der Waals surface area contributed by atoms with Crippen molar-refractivity contribution in [3.05, 3.63) is 72.1 Å². The molecule has 0 spiro atoms. The van der Waals surface area contributed by atoms with E-state index in [1.54, 1.807) is 4.90 Å². The van der Waals surface area contributed by atoms with Crippen LogP contribution in [0.1, 0.15) is 44.4 Å². The number of amides is 1. The molecular formula is C29H40N4O4Si. The van der Waals surface area contributed by atoms with Gasteiger partial charge in [-0.3, -0.25) is 9.80 Å². The van der Waals surface area contributed by atoms with Crippen molar-refractivity contribution in [3.8, 4) is 11.4 Å². The smallest absolute Gasteiger partial charge is 0.407 e. The van der Waals surface area contributed by atoms with E-state index < -0.39 is 14.4 Å². The molecule has 4 rings (SSSR count). The van der Waals surface area contributed by atoms with Gasteiger partial charge in [-0.25, -0.2) is 4.79 Å². The van der Waals surface area contributed by atoms with Crippen LogP contribution in [-0.4, -0.2) is 71.7 Å². The number of nitrogens with zero attached hydrogens (tertiary/aromatic N) is 4. The minimum atomic E-state index is -1.89. The molecule has 1 saturated heterocycles. The van der Waals surface area contributed by atoms with E-state index in [-0.39, 0.29) is 17.2 Å². The Labute approximate surface area is 226 Å². The SMILES string of the molecule is CC(C)(C)[Si](C)(C)O[C@H]1CCN(CC(c2cccc(-c3ncon3)c2)N(CCc2ccccc2)C(=O)O)C1. The van der Waals surface area contributed by atoms with E-state index in [0.717, 1.165) is 36.2 Å². The summed E-state index contributed by atoms with van der Waals surface area (Å²) in [5.74, 6) is 0.487. The Morgan fingerprint density at radius 3 is 2.63 bits per heavy atom. The van der Waals surface area contributed by atoms with E-state index in [1.165, 1.54) is 6.39 Å². The Morgan fingerprint density at radius 1 is 1.21 bits per heavy atom. The molecule has 204 valence electrons. The van der Waals surface area contributed by atoms with Crippen LogP contribution in [-0.2, 0) is 10.8 Å². The van der Waals surface area contributed by atoms with Crippen molar-refractivity contribution in [2.75, 3.05) is 26.2 Å². The topological polar surface area (TPSA) is 91.9 Å². The maximum Gasteiger partial charge on any atom is 0.407 e. The minimum absolute atomic E-state index is 0.149. The lowest BCUT2D eigenvalue weighted by Gasteiger charge is -2.38. The molecular weight excluding hydrogens is 496 g/mol. The van der Waals surface area contributed by atoms with E-state index >= 15 is 0 Å². The molecule has 1 unspecified atom stereocenters. The van der Waals surface area contributed by atoms with Gasteiger partial charge in [-0.1, -0.05) is 74.5 Å². The van der Waals surface area contributed by atoms with Gasteiger partial charge in [-0.05, 0) is 48.2 Å². The van der Waals surface area contributed by atoms with Crippen molar-refractivity contribution in [1.82, 2.24) is 19.9 Å². The fourth-order valence-corrected chi connectivity index (χ4v) is 6.12. The van der Waals surface area contributed by atoms with Gasteiger partial charge in [0.05, 0.1) is 12.1 Å². The van der Waals surface area contributed by atoms with Gasteiger partial charge in [0.25, 0.3) is 0 Å². The zero-order chi connectivity index (χ0) is 27.3. The van der Waals surface area contributed by atoms with E-state index in [9.17, 15) is 9.90 Å². The van der Waals surface area contributed by atoms with Crippen LogP contribution in [0.3, 0.4) is 0 Å². The Hall–Kier alpha value is -3.01. The van der Waals surface area contributed by atoms with E-state index in [1.807, 2.05) is 54.6 Å². The quantitative estimate of drug-likeness (QED) is 0.313. The second kappa shape index (κ2) is 11.8. The summed E-state index contributed by atoms with van der Waals surface area (Å²) in [6.07, 6.45) is 2.15. The summed E-state index contributed by atoms with van der Waals surface area (Å²) in [7, 11) is -1.89. The average Bonchev–Trinajstić information content (AvgIpc) is 3.56. The normalized spacial score (nSPS) is 17.4. The summed E-state index contributed by atoms with van der Waals surface area (Å²) >= 11 is 0. The molecule has 2 atom stereocenters. The molecule has 8 nitrogen and oxygen atoms in total. The van der Waals surface area contributed by atoms with Gasteiger partial charge in [-0.2, -0.15) is 4.98 Å². The van der Waals surface area contributed by atoms with Crippen LogP contribution in [0.5, 0.6) is 0 Å². The first-order valence-corrected chi connectivity index (χ1v) is 16.2. The number of carboxylic acid groups (broad SMARTS) is 1. The third-order valence-electron chi connectivity index (χ3n) is 7.92. The number of hydrogen-bond acceptors (Lipinski definition) is 6. The molecule has 1 N–H and O–H groups in total. The second-order valence-corrected chi connectivity index (χ2v) is 16.4. The van der Waals surface area contributed by atoms with Crippen LogP contribution in [0, 0.1) is 0 Å². The van der Waals surface area contributed by atoms with Gasteiger partial charge in [0.15, 0.2) is 8.32 Å². The molecule has 0 radical (unpaired) electrons. The summed E-state index contributed by atoms with van der Waals surface area (Å²) < 4.78 is 11.6. The van der Waals surface area contributed by atoms with Crippen molar-refractivity contribution in [2.24, 2.45) is 0 Å². The molecule has 1 aromatic heterocycles. The second-order valence-electron chi connectivity index (χ2n) is 11.7. The van der Waals surface area contributed by atoms with Gasteiger partial charge in [0.1, 0.15) is 0 Å². The Balaban J connectivity index is 1.57. The predicted molar refractivity (Wildman–Crippen MR) is 150 cm³/mol. The zero-order valence-electron chi connectivity index (χ0n) is 23.1. The lowest BCUT2D eigenvalue weighted by atomic mass is 10.0. The molecule has 1 aliphatic heterocycles. The Morgan fingerprint density at radius 2 is 1.97 bits per heavy atom. The van der Waals surface area contributed by atoms with Crippen LogP contribution in [0.25, 0.3) is 11.4 Å². The van der Waals surface area contributed by atoms with Crippen LogP contribution < -0.4 is 0 Å². The standard InChI is InChI=1S/C29H40N4O4Si/c1-29(2,3)38(4,5)37-25-15-16-32(19-25)20-26(23-12-9-13-24(18-23)27-30-21-36-31-27)33(28(34)35)17-14-22-10-7-6-8-11-22/h6-13,18,21,25-26H,14-17,19-20H2,1-5H3,(H,34,35)/t25-,26?/m0/s1. The fraction of sp³-hybridized carbons (Fsp3) is 0.483. The van der Waals surface area contributed by atoms with E-state index in [4.69, 9.17) is 8.95 Å². The summed E-state index contributed by atoms with van der Waals surface area (Å²) in [6.45, 7) is 14.0. The molecule has 1 aliphatic rings. The molecule has 9 heteroatoms. The van der Waals surface area contributed by atoms with E-state index in [2.05, 4.69) is 48.9 Å². The van der Waals surface area contributed by atoms with Crippen molar-refractivity contribution in [2.45, 2.75) is 63.9 Å². The number of likely N-dealkylation sites (tertiary alicyclic amines) is 1. The molecule has 2 heterocycles. The van der Waals surface area contributed by atoms with Crippen LogP contribution in [0.2, 0.25) is 18.1 Å². The fourth-order valence-electron chi connectivity index (χ4n) is 4.74. The lowest BCUT2D eigenvalue weighted by molar-refractivity contribution is 0.107. The minimum Gasteiger partial charge on any atom is -0.465 e. The highest BCUT2D eigenvalue weighted by Crippen LogP contribution is 2.38. The summed E-state index contributed by atoms with van der Waals surface area (Å²) in [6, 6.07) is 17.5. The first-order chi connectivity index (χ1) is 18.0. The average molecular weight is 537 g/mol. The highest BCUT2D eigenvalue weighted by molar-refractivity contribution is 6.74. The van der Waals surface area contributed by atoms with Gasteiger partial charge in [0, 0.05) is 31.7 Å². The highest BCUT2D eigenvalue weighted by atomic mass is 28.4. The highest BCUT2D eigenvalue weighted by Gasteiger charge is 2.41. The maximum absolute atomic E-state index is 12.6. The molecule has 38 heavy (non-hydrogen) atoms. The van der Waals surface area contributed by atoms with Crippen molar-refractivity contribution in [1.29, 1.82) is 0 Å². The summed E-state index contributed by atoms with van der Waals surface area (Å²) in [5, 5.41) is 14.5. The summed E-state index contributed by atoms with van der Waals surface area (Å²) in [4.78, 5) is 20.7. The van der Waals surface area contributed by atoms with Gasteiger partial charge >= 0.3 is 6.09 Å². The molecule has 0 saturated carbocycles. The van der Waals surface area contributed by atoms with Crippen molar-refractivity contribution >= 4 is 14.4 Å². The molecule has 1 fully saturated rings. The van der Waals surface area contributed by atoms with Gasteiger partial charge in [0.2, 0.25) is 12.2 Å². The monoisotopic (exact) mass is 536 g/mol. The predicted octanol–water partition coefficient (Wildman–Crippen LogP) is 6.10. The molecule has 3 aromatic rings. The molecule has 0 bridgehead atoms. The largest absolute Gasteiger partial charge is 0.465 e. The number of rotatable bonds is 10. The maximum atomic E-state index is 12.6. The Bertz CT molecular complexity index is 1180. The first kappa shape index (κ1) is 28.0.